The maximum Gasteiger partial charge on any atom is 0.306 e. The highest BCUT2D eigenvalue weighted by atomic mass is 79.9. The molecule has 0 aliphatic carbocycles. The second kappa shape index (κ2) is 12.1. The van der Waals surface area contributed by atoms with Crippen LogP contribution in [0.3, 0.4) is 0 Å². The Morgan fingerprint density at radius 2 is 1.74 bits per heavy atom. The minimum absolute atomic E-state index is 0.0161. The van der Waals surface area contributed by atoms with Crippen molar-refractivity contribution in [1.29, 1.82) is 0 Å². The van der Waals surface area contributed by atoms with Crippen LogP contribution in [-0.4, -0.2) is 39.5 Å². The first kappa shape index (κ1) is 26.6. The number of hydrogen-bond donors (Lipinski definition) is 0. The van der Waals surface area contributed by atoms with Crippen molar-refractivity contribution in [3.8, 4) is 5.69 Å². The van der Waals surface area contributed by atoms with E-state index in [0.717, 1.165) is 10.9 Å². The summed E-state index contributed by atoms with van der Waals surface area (Å²) >= 11 is 3.45. The summed E-state index contributed by atoms with van der Waals surface area (Å²) in [6, 6.07) is 14.2. The predicted octanol–water partition coefficient (Wildman–Crippen LogP) is 5.43. The van der Waals surface area contributed by atoms with Gasteiger partial charge in [0, 0.05) is 17.4 Å². The fourth-order valence-corrected chi connectivity index (χ4v) is 4.19. The van der Waals surface area contributed by atoms with Crippen LogP contribution in [0.5, 0.6) is 0 Å². The van der Waals surface area contributed by atoms with E-state index in [1.807, 2.05) is 43.3 Å². The molecule has 3 rings (SSSR count). The zero-order valence-corrected chi connectivity index (χ0v) is 22.2. The number of hydrogen-bond acceptors (Lipinski definition) is 5. The molecule has 0 saturated carbocycles. The van der Waals surface area contributed by atoms with Gasteiger partial charge in [0.05, 0.1) is 35.7 Å². The van der Waals surface area contributed by atoms with Crippen LogP contribution in [0.25, 0.3) is 16.6 Å². The van der Waals surface area contributed by atoms with E-state index in [9.17, 15) is 14.4 Å². The third-order valence-corrected chi connectivity index (χ3v) is 6.37. The molecule has 0 aliphatic heterocycles. The normalized spacial score (nSPS) is 12.1. The highest BCUT2D eigenvalue weighted by Crippen LogP contribution is 2.25. The summed E-state index contributed by atoms with van der Waals surface area (Å²) in [5, 5.41) is 0.508. The lowest BCUT2D eigenvalue weighted by atomic mass is 10.1. The Bertz CT molecular complexity index is 1240. The molecule has 7 nitrogen and oxygen atoms in total. The number of halogens is 1. The molecule has 0 fully saturated rings. The largest absolute Gasteiger partial charge is 0.466 e. The SMILES string of the molecule is CCOC(=O)CCC(=O)N(CCC(C)C)C(C)c1nc2ccccc2c(=O)n1-c1ccc(Br)cc1. The number of nitrogens with zero attached hydrogens (tertiary/aromatic N) is 3. The van der Waals surface area contributed by atoms with Crippen LogP contribution in [0.15, 0.2) is 57.8 Å². The van der Waals surface area contributed by atoms with Crippen molar-refractivity contribution < 1.29 is 14.3 Å². The van der Waals surface area contributed by atoms with Crippen molar-refractivity contribution in [2.45, 2.75) is 53.0 Å². The van der Waals surface area contributed by atoms with E-state index in [0.29, 0.717) is 34.9 Å². The van der Waals surface area contributed by atoms with E-state index in [2.05, 4.69) is 29.8 Å². The molecule has 0 aliphatic rings. The number of benzene rings is 2. The van der Waals surface area contributed by atoms with Gasteiger partial charge in [0.2, 0.25) is 5.91 Å². The summed E-state index contributed by atoms with van der Waals surface area (Å²) in [7, 11) is 0. The minimum atomic E-state index is -0.496. The summed E-state index contributed by atoms with van der Waals surface area (Å²) in [5.74, 6) is 0.286. The quantitative estimate of drug-likeness (QED) is 0.320. The highest BCUT2D eigenvalue weighted by Gasteiger charge is 2.27. The predicted molar refractivity (Wildman–Crippen MR) is 140 cm³/mol. The lowest BCUT2D eigenvalue weighted by Crippen LogP contribution is -2.38. The molecule has 0 saturated heterocycles. The van der Waals surface area contributed by atoms with Crippen molar-refractivity contribution >= 4 is 38.7 Å². The zero-order chi connectivity index (χ0) is 25.5. The van der Waals surface area contributed by atoms with E-state index in [4.69, 9.17) is 9.72 Å². The van der Waals surface area contributed by atoms with Crippen LogP contribution in [-0.2, 0) is 14.3 Å². The lowest BCUT2D eigenvalue weighted by molar-refractivity contribution is -0.146. The molecule has 0 radical (unpaired) electrons. The van der Waals surface area contributed by atoms with Gasteiger partial charge in [0.1, 0.15) is 5.82 Å². The lowest BCUT2D eigenvalue weighted by Gasteiger charge is -2.31. The molecule has 186 valence electrons. The number of ether oxygens (including phenoxy) is 1. The van der Waals surface area contributed by atoms with Crippen LogP contribution in [0.2, 0.25) is 0 Å². The fraction of sp³-hybridized carbons (Fsp3) is 0.407. The third kappa shape index (κ3) is 6.57. The molecule has 1 amide bonds. The second-order valence-electron chi connectivity index (χ2n) is 8.85. The number of esters is 1. The number of carbonyl (C=O) groups is 2. The van der Waals surface area contributed by atoms with Crippen molar-refractivity contribution in [3.63, 3.8) is 0 Å². The van der Waals surface area contributed by atoms with Gasteiger partial charge in [-0.15, -0.1) is 0 Å². The minimum Gasteiger partial charge on any atom is -0.466 e. The molecule has 1 aromatic heterocycles. The average molecular weight is 542 g/mol. The summed E-state index contributed by atoms with van der Waals surface area (Å²) in [4.78, 5) is 45.4. The maximum absolute atomic E-state index is 13.6. The molecular formula is C27H32BrN3O4. The van der Waals surface area contributed by atoms with Gasteiger partial charge in [-0.1, -0.05) is 41.9 Å². The summed E-state index contributed by atoms with van der Waals surface area (Å²) in [5.41, 5.74) is 1.05. The molecule has 2 aromatic carbocycles. The van der Waals surface area contributed by atoms with Crippen molar-refractivity contribution in [2.24, 2.45) is 5.92 Å². The number of fused-ring (bicyclic) bond motifs is 1. The van der Waals surface area contributed by atoms with Gasteiger partial charge in [-0.05, 0) is 62.6 Å². The maximum atomic E-state index is 13.6. The van der Waals surface area contributed by atoms with Gasteiger partial charge in [0.25, 0.3) is 5.56 Å². The van der Waals surface area contributed by atoms with Gasteiger partial charge < -0.3 is 9.64 Å². The number of rotatable bonds is 10. The molecule has 1 atom stereocenters. The first-order valence-corrected chi connectivity index (χ1v) is 12.7. The van der Waals surface area contributed by atoms with E-state index in [-0.39, 0.29) is 30.9 Å². The number of carbonyl (C=O) groups excluding carboxylic acids is 2. The van der Waals surface area contributed by atoms with Gasteiger partial charge in [-0.2, -0.15) is 0 Å². The van der Waals surface area contributed by atoms with Crippen LogP contribution in [0, 0.1) is 5.92 Å². The van der Waals surface area contributed by atoms with E-state index in [1.165, 1.54) is 0 Å². The Morgan fingerprint density at radius 1 is 1.06 bits per heavy atom. The van der Waals surface area contributed by atoms with Crippen LogP contribution >= 0.6 is 15.9 Å². The number of amides is 1. The highest BCUT2D eigenvalue weighted by molar-refractivity contribution is 9.10. The topological polar surface area (TPSA) is 81.5 Å². The van der Waals surface area contributed by atoms with Gasteiger partial charge in [-0.25, -0.2) is 4.98 Å². The standard InChI is InChI=1S/C27H32BrN3O4/c1-5-35-25(33)15-14-24(32)30(17-16-18(2)3)19(4)26-29-23-9-7-6-8-22(23)27(34)31(26)21-12-10-20(28)11-13-21/h6-13,18-19H,5,14-17H2,1-4H3. The molecule has 0 N–H and O–H groups in total. The summed E-state index contributed by atoms with van der Waals surface area (Å²) < 4.78 is 7.47. The van der Waals surface area contributed by atoms with Gasteiger partial charge in [0.15, 0.2) is 0 Å². The van der Waals surface area contributed by atoms with Gasteiger partial charge >= 0.3 is 5.97 Å². The van der Waals surface area contributed by atoms with E-state index in [1.54, 1.807) is 28.5 Å². The molecule has 0 bridgehead atoms. The number of para-hydroxylation sites is 1. The average Bonchev–Trinajstić information content (AvgIpc) is 2.83. The van der Waals surface area contributed by atoms with Crippen LogP contribution in [0.1, 0.15) is 58.8 Å². The molecule has 3 aromatic rings. The first-order chi connectivity index (χ1) is 16.7. The monoisotopic (exact) mass is 541 g/mol. The summed E-state index contributed by atoms with van der Waals surface area (Å²) in [6.07, 6.45) is 0.838. The zero-order valence-electron chi connectivity index (χ0n) is 20.7. The Kier molecular flexibility index (Phi) is 9.20. The Balaban J connectivity index is 2.09. The Morgan fingerprint density at radius 3 is 2.40 bits per heavy atom. The molecule has 0 spiro atoms. The first-order valence-electron chi connectivity index (χ1n) is 12.0. The van der Waals surface area contributed by atoms with Crippen LogP contribution in [0.4, 0.5) is 0 Å². The molecule has 35 heavy (non-hydrogen) atoms. The van der Waals surface area contributed by atoms with E-state index >= 15 is 0 Å². The molecule has 8 heteroatoms. The Labute approximate surface area is 214 Å². The Hall–Kier alpha value is -3.00. The molecule has 1 heterocycles. The van der Waals surface area contributed by atoms with Crippen molar-refractivity contribution in [3.05, 3.63) is 69.2 Å². The van der Waals surface area contributed by atoms with E-state index < -0.39 is 12.0 Å². The second-order valence-corrected chi connectivity index (χ2v) is 9.77. The third-order valence-electron chi connectivity index (χ3n) is 5.84. The number of aromatic nitrogens is 2. The van der Waals surface area contributed by atoms with Crippen LogP contribution < -0.4 is 5.56 Å². The van der Waals surface area contributed by atoms with Gasteiger partial charge in [-0.3, -0.25) is 19.0 Å². The smallest absolute Gasteiger partial charge is 0.306 e. The van der Waals surface area contributed by atoms with Crippen molar-refractivity contribution in [2.75, 3.05) is 13.2 Å². The summed E-state index contributed by atoms with van der Waals surface area (Å²) in [6.45, 7) is 8.58. The molecular weight excluding hydrogens is 510 g/mol. The molecule has 1 unspecified atom stereocenters. The van der Waals surface area contributed by atoms with Crippen molar-refractivity contribution in [1.82, 2.24) is 14.5 Å². The fourth-order valence-electron chi connectivity index (χ4n) is 3.93.